The molecule has 6 rings (SSSR count). The number of hydrogen-bond donors (Lipinski definition) is 2. The quantitative estimate of drug-likeness (QED) is 0.188. The molecule has 0 bridgehead atoms. The maximum atomic E-state index is 14.6. The van der Waals surface area contributed by atoms with Gasteiger partial charge in [0.05, 0.1) is 35.6 Å². The van der Waals surface area contributed by atoms with Crippen LogP contribution in [0.3, 0.4) is 0 Å². The first kappa shape index (κ1) is 36.3. The number of likely N-dealkylation sites (tertiary alicyclic amines) is 1. The van der Waals surface area contributed by atoms with Gasteiger partial charge in [-0.3, -0.25) is 19.4 Å². The number of rotatable bonds is 8. The number of pyridine rings is 1. The summed E-state index contributed by atoms with van der Waals surface area (Å²) in [6.07, 6.45) is -8.01. The van der Waals surface area contributed by atoms with Crippen LogP contribution < -0.4 is 10.6 Å². The van der Waals surface area contributed by atoms with Gasteiger partial charge in [-0.2, -0.15) is 26.3 Å². The Labute approximate surface area is 290 Å². The molecule has 0 radical (unpaired) electrons. The van der Waals surface area contributed by atoms with Crippen molar-refractivity contribution in [2.24, 2.45) is 0 Å². The first-order chi connectivity index (χ1) is 24.3. The van der Waals surface area contributed by atoms with E-state index in [0.29, 0.717) is 32.3 Å². The van der Waals surface area contributed by atoms with Crippen molar-refractivity contribution in [1.82, 2.24) is 20.1 Å². The first-order valence-corrected chi connectivity index (χ1v) is 16.7. The van der Waals surface area contributed by atoms with Gasteiger partial charge in [0.15, 0.2) is 6.04 Å². The van der Waals surface area contributed by atoms with E-state index in [0.717, 1.165) is 38.1 Å². The number of benzene rings is 3. The Kier molecular flexibility index (Phi) is 10.7. The zero-order valence-electron chi connectivity index (χ0n) is 27.8. The van der Waals surface area contributed by atoms with Crippen LogP contribution in [0.2, 0.25) is 0 Å². The Balaban J connectivity index is 1.50. The van der Waals surface area contributed by atoms with E-state index < -0.39 is 35.8 Å². The van der Waals surface area contributed by atoms with Crippen LogP contribution in [0, 0.1) is 0 Å². The highest BCUT2D eigenvalue weighted by molar-refractivity contribution is 6.10. The highest BCUT2D eigenvalue weighted by Crippen LogP contribution is 2.38. The second-order valence-corrected chi connectivity index (χ2v) is 12.8. The maximum Gasteiger partial charge on any atom is 0.416 e. The highest BCUT2D eigenvalue weighted by atomic mass is 19.4. The Hall–Kier alpha value is -4.53. The molecule has 2 aliphatic heterocycles. The number of aromatic nitrogens is 1. The average Bonchev–Trinajstić information content (AvgIpc) is 3.10. The molecule has 2 amide bonds. The van der Waals surface area contributed by atoms with E-state index in [1.54, 1.807) is 6.07 Å². The van der Waals surface area contributed by atoms with Gasteiger partial charge in [0, 0.05) is 54.8 Å². The summed E-state index contributed by atoms with van der Waals surface area (Å²) >= 11 is 0. The van der Waals surface area contributed by atoms with Crippen LogP contribution in [0.4, 0.5) is 32.0 Å². The lowest BCUT2D eigenvalue weighted by Crippen LogP contribution is -2.48. The molecule has 3 aromatic carbocycles. The van der Waals surface area contributed by atoms with E-state index >= 15 is 0 Å². The van der Waals surface area contributed by atoms with Crippen molar-refractivity contribution in [2.75, 3.05) is 44.7 Å². The summed E-state index contributed by atoms with van der Waals surface area (Å²) in [6, 6.07) is 13.8. The third-order valence-electron chi connectivity index (χ3n) is 9.33. The van der Waals surface area contributed by atoms with Crippen LogP contribution in [-0.4, -0.2) is 78.2 Å². The van der Waals surface area contributed by atoms with Crippen molar-refractivity contribution in [2.45, 2.75) is 50.7 Å². The fourth-order valence-electron chi connectivity index (χ4n) is 6.89. The molecule has 2 aliphatic rings. The molecule has 270 valence electrons. The molecular formula is C37H37F6N5O3. The summed E-state index contributed by atoms with van der Waals surface area (Å²) in [5, 5.41) is 4.96. The summed E-state index contributed by atoms with van der Waals surface area (Å²) in [6.45, 7) is 5.36. The third-order valence-corrected chi connectivity index (χ3v) is 9.33. The fourth-order valence-corrected chi connectivity index (χ4v) is 6.89. The molecule has 1 aromatic heterocycles. The zero-order valence-corrected chi connectivity index (χ0v) is 27.8. The molecule has 2 N–H and O–H groups in total. The van der Waals surface area contributed by atoms with Crippen LogP contribution >= 0.6 is 0 Å². The number of carbonyl (C=O) groups is 2. The average molecular weight is 714 g/mol. The van der Waals surface area contributed by atoms with Gasteiger partial charge in [-0.1, -0.05) is 42.5 Å². The number of ether oxygens (including phenoxy) is 1. The molecule has 0 saturated carbocycles. The minimum atomic E-state index is -4.88. The molecule has 2 fully saturated rings. The monoisotopic (exact) mass is 713 g/mol. The lowest BCUT2D eigenvalue weighted by molar-refractivity contribution is -0.155. The molecule has 0 aliphatic carbocycles. The molecule has 0 spiro atoms. The van der Waals surface area contributed by atoms with Gasteiger partial charge in [0.2, 0.25) is 5.91 Å². The number of nitrogens with one attached hydrogen (secondary N) is 2. The van der Waals surface area contributed by atoms with Gasteiger partial charge in [0.1, 0.15) is 0 Å². The number of amides is 2. The second-order valence-electron chi connectivity index (χ2n) is 12.8. The van der Waals surface area contributed by atoms with Crippen molar-refractivity contribution in [3.05, 3.63) is 95.1 Å². The predicted molar refractivity (Wildman–Crippen MR) is 180 cm³/mol. The van der Waals surface area contributed by atoms with E-state index in [-0.39, 0.29) is 51.1 Å². The van der Waals surface area contributed by atoms with Crippen molar-refractivity contribution < 1.29 is 40.7 Å². The van der Waals surface area contributed by atoms with E-state index in [9.17, 15) is 35.9 Å². The first-order valence-electron chi connectivity index (χ1n) is 16.7. The van der Waals surface area contributed by atoms with Crippen molar-refractivity contribution in [3.8, 4) is 11.3 Å². The summed E-state index contributed by atoms with van der Waals surface area (Å²) in [5.41, 5.74) is -0.596. The molecule has 8 nitrogen and oxygen atoms in total. The molecule has 51 heavy (non-hydrogen) atoms. The van der Waals surface area contributed by atoms with Crippen LogP contribution in [0.15, 0.2) is 72.8 Å². The van der Waals surface area contributed by atoms with Crippen LogP contribution in [0.5, 0.6) is 0 Å². The summed E-state index contributed by atoms with van der Waals surface area (Å²) in [7, 11) is 0. The van der Waals surface area contributed by atoms with Crippen molar-refractivity contribution in [1.29, 1.82) is 0 Å². The van der Waals surface area contributed by atoms with E-state index in [1.807, 2.05) is 4.90 Å². The SMILES string of the molecule is CC(=O)Nc1ccc2nc(-c3cccc(C(F)(F)F)c3)c(CN3CCC(N4CCOCC4)CC3)c(C(=O)N[C@H](c3ccccc3)C(F)(F)F)c2c1. The molecule has 14 heteroatoms. The topological polar surface area (TPSA) is 86.8 Å². The maximum absolute atomic E-state index is 14.6. The fraction of sp³-hybridized carbons (Fsp3) is 0.378. The Bertz CT molecular complexity index is 1870. The molecule has 2 saturated heterocycles. The van der Waals surface area contributed by atoms with Crippen LogP contribution in [-0.2, 0) is 22.3 Å². The largest absolute Gasteiger partial charge is 0.416 e. The van der Waals surface area contributed by atoms with E-state index in [2.05, 4.69) is 15.5 Å². The standard InChI is InChI=1S/C37H37F6N5O3/c1-23(49)44-27-10-11-31-29(21-27)32(35(50)46-34(37(41,42)43)24-6-3-2-4-7-24)30(33(45-31)25-8-5-9-26(20-25)36(38,39)40)22-47-14-12-28(13-15-47)48-16-18-51-19-17-48/h2-11,20-21,28,34H,12-19,22H2,1H3,(H,44,49)(H,46,50)/t34-/m1/s1. The van der Waals surface area contributed by atoms with Gasteiger partial charge in [0.25, 0.3) is 5.91 Å². The van der Waals surface area contributed by atoms with Gasteiger partial charge in [-0.15, -0.1) is 0 Å². The van der Waals surface area contributed by atoms with E-state index in [1.165, 1.54) is 61.5 Å². The summed E-state index contributed by atoms with van der Waals surface area (Å²) < 4.78 is 91.0. The van der Waals surface area contributed by atoms with Gasteiger partial charge >= 0.3 is 12.4 Å². The van der Waals surface area contributed by atoms with Gasteiger partial charge in [-0.05, 0) is 61.8 Å². The number of anilines is 1. The number of halogens is 6. The van der Waals surface area contributed by atoms with Crippen molar-refractivity contribution in [3.63, 3.8) is 0 Å². The number of carbonyl (C=O) groups excluding carboxylic acids is 2. The van der Waals surface area contributed by atoms with Gasteiger partial charge in [-0.25, -0.2) is 4.98 Å². The molecule has 1 atom stereocenters. The number of nitrogens with zero attached hydrogens (tertiary/aromatic N) is 3. The predicted octanol–water partition coefficient (Wildman–Crippen LogP) is 7.21. The van der Waals surface area contributed by atoms with Gasteiger partial charge < -0.3 is 15.4 Å². The molecule has 0 unspecified atom stereocenters. The van der Waals surface area contributed by atoms with Crippen LogP contribution in [0.25, 0.3) is 22.2 Å². The summed E-state index contributed by atoms with van der Waals surface area (Å²) in [4.78, 5) is 35.5. The number of piperidine rings is 1. The Morgan fingerprint density at radius 2 is 1.61 bits per heavy atom. The smallest absolute Gasteiger partial charge is 0.379 e. The zero-order chi connectivity index (χ0) is 36.3. The van der Waals surface area contributed by atoms with Crippen LogP contribution in [0.1, 0.15) is 52.9 Å². The number of hydrogen-bond acceptors (Lipinski definition) is 6. The molecule has 3 heterocycles. The minimum absolute atomic E-state index is 0.0273. The highest BCUT2D eigenvalue weighted by Gasteiger charge is 2.43. The summed E-state index contributed by atoms with van der Waals surface area (Å²) in [5.74, 6) is -1.50. The van der Waals surface area contributed by atoms with E-state index in [4.69, 9.17) is 9.72 Å². The minimum Gasteiger partial charge on any atom is -0.379 e. The number of morpholine rings is 1. The van der Waals surface area contributed by atoms with Crippen molar-refractivity contribution >= 4 is 28.4 Å². The lowest BCUT2D eigenvalue weighted by Gasteiger charge is -2.40. The number of alkyl halides is 6. The normalized spacial score (nSPS) is 17.3. The Morgan fingerprint density at radius 1 is 0.902 bits per heavy atom. The number of fused-ring (bicyclic) bond motifs is 1. The molecular weight excluding hydrogens is 676 g/mol. The Morgan fingerprint density at radius 3 is 2.25 bits per heavy atom. The third kappa shape index (κ3) is 8.51. The second kappa shape index (κ2) is 15.0. The lowest BCUT2D eigenvalue weighted by atomic mass is 9.93. The molecule has 4 aromatic rings.